The van der Waals surface area contributed by atoms with Crippen LogP contribution in [0.4, 0.5) is 0 Å². The highest BCUT2D eigenvalue weighted by atomic mass is 16.6. The van der Waals surface area contributed by atoms with Gasteiger partial charge in [0.15, 0.2) is 11.5 Å². The molecule has 0 aliphatic carbocycles. The number of aromatic nitrogens is 1. The SMILES string of the molecule is O=C(O)c1cccc(-c2nc(-c3ccc4c(c3)OCCO4)co2)c1. The minimum absolute atomic E-state index is 0.187. The van der Waals surface area contributed by atoms with Crippen LogP contribution in [0.5, 0.6) is 11.5 Å². The Morgan fingerprint density at radius 1 is 1.00 bits per heavy atom. The van der Waals surface area contributed by atoms with Crippen LogP contribution >= 0.6 is 0 Å². The van der Waals surface area contributed by atoms with E-state index in [1.54, 1.807) is 12.1 Å². The van der Waals surface area contributed by atoms with Gasteiger partial charge < -0.3 is 19.0 Å². The molecule has 1 aliphatic rings. The van der Waals surface area contributed by atoms with Crippen LogP contribution in [-0.2, 0) is 0 Å². The van der Waals surface area contributed by atoms with Gasteiger partial charge in [0.05, 0.1) is 5.56 Å². The number of benzene rings is 2. The number of ether oxygens (including phenoxy) is 2. The summed E-state index contributed by atoms with van der Waals surface area (Å²) in [5.74, 6) is 0.762. The molecule has 0 spiro atoms. The van der Waals surface area contributed by atoms with E-state index >= 15 is 0 Å². The van der Waals surface area contributed by atoms with E-state index in [1.165, 1.54) is 18.4 Å². The molecule has 0 atom stereocenters. The molecule has 120 valence electrons. The Bertz CT molecular complexity index is 915. The normalized spacial score (nSPS) is 12.8. The Morgan fingerprint density at radius 3 is 2.67 bits per heavy atom. The summed E-state index contributed by atoms with van der Waals surface area (Å²) in [6, 6.07) is 12.0. The zero-order valence-electron chi connectivity index (χ0n) is 12.6. The standard InChI is InChI=1S/C18H13NO5/c20-18(21)13-3-1-2-12(8-13)17-19-14(10-24-17)11-4-5-15-16(9-11)23-7-6-22-15/h1-5,8-10H,6-7H2,(H,20,21). The number of hydrogen-bond donors (Lipinski definition) is 1. The number of aromatic carboxylic acids is 1. The largest absolute Gasteiger partial charge is 0.486 e. The molecule has 1 aromatic heterocycles. The van der Waals surface area contributed by atoms with Gasteiger partial charge >= 0.3 is 5.97 Å². The third kappa shape index (κ3) is 2.58. The van der Waals surface area contributed by atoms with Crippen molar-refractivity contribution in [2.45, 2.75) is 0 Å². The van der Waals surface area contributed by atoms with Crippen molar-refractivity contribution in [3.63, 3.8) is 0 Å². The van der Waals surface area contributed by atoms with Gasteiger partial charge in [-0.3, -0.25) is 0 Å². The molecule has 3 aromatic rings. The van der Waals surface area contributed by atoms with Crippen molar-refractivity contribution in [3.05, 3.63) is 54.3 Å². The zero-order chi connectivity index (χ0) is 16.5. The van der Waals surface area contributed by atoms with Crippen molar-refractivity contribution < 1.29 is 23.8 Å². The number of carbonyl (C=O) groups is 1. The summed E-state index contributed by atoms with van der Waals surface area (Å²) in [5.41, 5.74) is 2.27. The van der Waals surface area contributed by atoms with Crippen LogP contribution in [0, 0.1) is 0 Å². The third-order valence-corrected chi connectivity index (χ3v) is 3.70. The van der Waals surface area contributed by atoms with Crippen LogP contribution in [0.2, 0.25) is 0 Å². The van der Waals surface area contributed by atoms with Crippen LogP contribution < -0.4 is 9.47 Å². The number of oxazole rings is 1. The molecule has 24 heavy (non-hydrogen) atoms. The van der Waals surface area contributed by atoms with Crippen LogP contribution in [0.15, 0.2) is 53.1 Å². The quantitative estimate of drug-likeness (QED) is 0.794. The number of carboxylic acids is 1. The maximum atomic E-state index is 11.1. The summed E-state index contributed by atoms with van der Waals surface area (Å²) in [5, 5.41) is 9.08. The first-order valence-corrected chi connectivity index (χ1v) is 7.40. The lowest BCUT2D eigenvalue weighted by molar-refractivity contribution is 0.0697. The fourth-order valence-electron chi connectivity index (χ4n) is 2.53. The summed E-state index contributed by atoms with van der Waals surface area (Å²) in [6.07, 6.45) is 1.54. The Morgan fingerprint density at radius 2 is 1.83 bits per heavy atom. The second-order valence-electron chi connectivity index (χ2n) is 5.28. The van der Waals surface area contributed by atoms with E-state index < -0.39 is 5.97 Å². The Labute approximate surface area is 137 Å². The van der Waals surface area contributed by atoms with E-state index in [1.807, 2.05) is 18.2 Å². The molecular weight excluding hydrogens is 310 g/mol. The number of rotatable bonds is 3. The number of fused-ring (bicyclic) bond motifs is 1. The lowest BCUT2D eigenvalue weighted by Gasteiger charge is -2.18. The molecule has 6 heteroatoms. The molecule has 0 amide bonds. The average Bonchev–Trinajstić information content (AvgIpc) is 3.11. The molecule has 2 aromatic carbocycles. The topological polar surface area (TPSA) is 81.8 Å². The molecule has 0 saturated carbocycles. The first kappa shape index (κ1) is 14.3. The molecule has 2 heterocycles. The van der Waals surface area contributed by atoms with E-state index in [2.05, 4.69) is 4.98 Å². The third-order valence-electron chi connectivity index (χ3n) is 3.70. The van der Waals surface area contributed by atoms with Crippen molar-refractivity contribution in [3.8, 4) is 34.2 Å². The highest BCUT2D eigenvalue weighted by Crippen LogP contribution is 2.35. The first-order chi connectivity index (χ1) is 11.7. The summed E-state index contributed by atoms with van der Waals surface area (Å²) in [4.78, 5) is 15.5. The van der Waals surface area contributed by atoms with E-state index in [-0.39, 0.29) is 5.56 Å². The van der Waals surface area contributed by atoms with Crippen LogP contribution in [0.25, 0.3) is 22.7 Å². The molecule has 1 aliphatic heterocycles. The second kappa shape index (κ2) is 5.73. The zero-order valence-corrected chi connectivity index (χ0v) is 12.6. The number of nitrogens with zero attached hydrogens (tertiary/aromatic N) is 1. The van der Waals surface area contributed by atoms with E-state index in [4.69, 9.17) is 19.0 Å². The fraction of sp³-hybridized carbons (Fsp3) is 0.111. The molecule has 1 N–H and O–H groups in total. The molecule has 4 rings (SSSR count). The highest BCUT2D eigenvalue weighted by molar-refractivity contribution is 5.89. The summed E-state index contributed by atoms with van der Waals surface area (Å²) in [6.45, 7) is 1.06. The minimum Gasteiger partial charge on any atom is -0.486 e. The highest BCUT2D eigenvalue weighted by Gasteiger charge is 2.15. The molecule has 0 fully saturated rings. The Kier molecular flexibility index (Phi) is 3.42. The van der Waals surface area contributed by atoms with Crippen molar-refractivity contribution in [2.24, 2.45) is 0 Å². The van der Waals surface area contributed by atoms with Gasteiger partial charge in [-0.2, -0.15) is 0 Å². The lowest BCUT2D eigenvalue weighted by atomic mass is 10.1. The monoisotopic (exact) mass is 323 g/mol. The molecule has 0 unspecified atom stereocenters. The summed E-state index contributed by atoms with van der Waals surface area (Å²) >= 11 is 0. The van der Waals surface area contributed by atoms with Crippen LogP contribution in [0.1, 0.15) is 10.4 Å². The van der Waals surface area contributed by atoms with Crippen molar-refractivity contribution >= 4 is 5.97 Å². The van der Waals surface area contributed by atoms with Gasteiger partial charge in [-0.05, 0) is 36.4 Å². The Hall–Kier alpha value is -3.28. The van der Waals surface area contributed by atoms with Gasteiger partial charge in [-0.1, -0.05) is 6.07 Å². The second-order valence-corrected chi connectivity index (χ2v) is 5.28. The van der Waals surface area contributed by atoms with Crippen molar-refractivity contribution in [1.82, 2.24) is 4.98 Å². The van der Waals surface area contributed by atoms with Gasteiger partial charge in [0.2, 0.25) is 5.89 Å². The average molecular weight is 323 g/mol. The predicted molar refractivity (Wildman–Crippen MR) is 85.3 cm³/mol. The first-order valence-electron chi connectivity index (χ1n) is 7.40. The summed E-state index contributed by atoms with van der Waals surface area (Å²) in [7, 11) is 0. The Balaban J connectivity index is 1.68. The predicted octanol–water partition coefficient (Wildman–Crippen LogP) is 3.48. The molecule has 0 radical (unpaired) electrons. The number of hydrogen-bond acceptors (Lipinski definition) is 5. The maximum absolute atomic E-state index is 11.1. The fourth-order valence-corrected chi connectivity index (χ4v) is 2.53. The molecular formula is C18H13NO5. The smallest absolute Gasteiger partial charge is 0.335 e. The van der Waals surface area contributed by atoms with E-state index in [0.29, 0.717) is 41.9 Å². The number of carboxylic acid groups (broad SMARTS) is 1. The lowest BCUT2D eigenvalue weighted by Crippen LogP contribution is -2.15. The van der Waals surface area contributed by atoms with Gasteiger partial charge in [0.1, 0.15) is 25.2 Å². The summed E-state index contributed by atoms with van der Waals surface area (Å²) < 4.78 is 16.6. The molecule has 0 bridgehead atoms. The van der Waals surface area contributed by atoms with E-state index in [0.717, 1.165) is 5.56 Å². The van der Waals surface area contributed by atoms with Crippen molar-refractivity contribution in [2.75, 3.05) is 13.2 Å². The van der Waals surface area contributed by atoms with Crippen LogP contribution in [-0.4, -0.2) is 29.3 Å². The van der Waals surface area contributed by atoms with Crippen LogP contribution in [0.3, 0.4) is 0 Å². The van der Waals surface area contributed by atoms with Gasteiger partial charge in [-0.25, -0.2) is 9.78 Å². The minimum atomic E-state index is -0.990. The molecule has 6 nitrogen and oxygen atoms in total. The maximum Gasteiger partial charge on any atom is 0.335 e. The van der Waals surface area contributed by atoms with Crippen molar-refractivity contribution in [1.29, 1.82) is 0 Å². The van der Waals surface area contributed by atoms with Gasteiger partial charge in [-0.15, -0.1) is 0 Å². The van der Waals surface area contributed by atoms with E-state index in [9.17, 15) is 4.79 Å². The molecule has 0 saturated heterocycles. The van der Waals surface area contributed by atoms with Gasteiger partial charge in [0, 0.05) is 11.1 Å². The van der Waals surface area contributed by atoms with Gasteiger partial charge in [0.25, 0.3) is 0 Å².